The molecule has 64 valence electrons. The molecule has 0 aromatic carbocycles. The van der Waals surface area contributed by atoms with E-state index in [0.717, 1.165) is 0 Å². The summed E-state index contributed by atoms with van der Waals surface area (Å²) in [6.07, 6.45) is 1.70. The third-order valence-electron chi connectivity index (χ3n) is 0.996. The van der Waals surface area contributed by atoms with E-state index in [1.54, 1.807) is 0 Å². The number of hydrogen-bond acceptors (Lipinski definition) is 4. The van der Waals surface area contributed by atoms with Crippen LogP contribution in [0.15, 0.2) is 17.4 Å². The summed E-state index contributed by atoms with van der Waals surface area (Å²) in [7, 11) is 0. The third-order valence-corrected chi connectivity index (χ3v) is 1.51. The van der Waals surface area contributed by atoms with Crippen molar-refractivity contribution in [1.82, 2.24) is 9.97 Å². The second-order valence-electron chi connectivity index (χ2n) is 1.74. The van der Waals surface area contributed by atoms with Gasteiger partial charge >= 0.3 is 0 Å². The van der Waals surface area contributed by atoms with Crippen molar-refractivity contribution in [3.05, 3.63) is 12.3 Å². The van der Waals surface area contributed by atoms with Crippen molar-refractivity contribution in [3.63, 3.8) is 0 Å². The van der Waals surface area contributed by atoms with Gasteiger partial charge in [-0.1, -0.05) is 0 Å². The highest BCUT2D eigenvalue weighted by Crippen LogP contribution is 2.02. The Hall–Kier alpha value is -1.34. The van der Waals surface area contributed by atoms with Crippen molar-refractivity contribution in [2.75, 3.05) is 5.32 Å². The maximum Gasteiger partial charge on any atom is 0.248 e. The van der Waals surface area contributed by atoms with Crippen LogP contribution in [0.25, 0.3) is 0 Å². The molecule has 0 bridgehead atoms. The zero-order valence-corrected chi connectivity index (χ0v) is 6.61. The zero-order chi connectivity index (χ0) is 8.97. The molecule has 1 aromatic heterocycles. The highest BCUT2D eigenvalue weighted by Gasteiger charge is 2.03. The van der Waals surface area contributed by atoms with E-state index in [1.807, 2.05) is 0 Å². The fraction of sp³-hybridized carbons (Fsp3) is 0. The van der Waals surface area contributed by atoms with Gasteiger partial charge in [0.25, 0.3) is 0 Å². The quantitative estimate of drug-likeness (QED) is 0.382. The molecule has 6 nitrogen and oxygen atoms in total. The molecule has 0 saturated heterocycles. The van der Waals surface area contributed by atoms with Crippen molar-refractivity contribution >= 4 is 23.3 Å². The van der Waals surface area contributed by atoms with Gasteiger partial charge < -0.3 is 5.32 Å². The van der Waals surface area contributed by atoms with Crippen LogP contribution in [-0.4, -0.2) is 25.1 Å². The summed E-state index contributed by atoms with van der Waals surface area (Å²) in [5.41, 5.74) is 0. The largest absolute Gasteiger partial charge is 0.313 e. The van der Waals surface area contributed by atoms with E-state index in [4.69, 9.17) is 4.55 Å². The van der Waals surface area contributed by atoms with Crippen LogP contribution >= 0.6 is 0 Å². The Kier molecular flexibility index (Phi) is 2.83. The number of carbonyl (C=O) groups excluding carboxylic acids is 1. The third kappa shape index (κ3) is 2.07. The Bertz CT molecular complexity index is 317. The monoisotopic (exact) mass is 187 g/mol. The Morgan fingerprint density at radius 1 is 1.67 bits per heavy atom. The topological polar surface area (TPSA) is 92.2 Å². The summed E-state index contributed by atoms with van der Waals surface area (Å²) in [6.45, 7) is 0. The Balaban J connectivity index is 2.95. The highest BCUT2D eigenvalue weighted by molar-refractivity contribution is 7.79. The minimum absolute atomic E-state index is 0.192. The average molecular weight is 187 g/mol. The second kappa shape index (κ2) is 3.88. The second-order valence-corrected chi connectivity index (χ2v) is 2.60. The molecule has 1 amide bonds. The molecular formula is C5H5N3O3S. The van der Waals surface area contributed by atoms with Crippen molar-refractivity contribution in [2.24, 2.45) is 0 Å². The molecule has 1 atom stereocenters. The molecule has 0 aliphatic carbocycles. The van der Waals surface area contributed by atoms with Crippen LogP contribution < -0.4 is 5.32 Å². The first-order valence-electron chi connectivity index (χ1n) is 2.88. The van der Waals surface area contributed by atoms with Gasteiger partial charge in [-0.05, 0) is 6.07 Å². The van der Waals surface area contributed by atoms with Gasteiger partial charge in [0, 0.05) is 6.20 Å². The molecule has 0 fully saturated rings. The number of amides is 1. The molecule has 1 heterocycles. The lowest BCUT2D eigenvalue weighted by atomic mass is 10.6. The molecule has 0 aliphatic heterocycles. The summed E-state index contributed by atoms with van der Waals surface area (Å²) in [6, 6.07) is 1.41. The standard InChI is InChI=1S/C5H5N3O3S/c9-3-7-4-1-2-6-5(8-4)12(10)11/h1-3H,(H,10,11)(H,6,7,8,9). The lowest BCUT2D eigenvalue weighted by Crippen LogP contribution is -2.02. The fourth-order valence-electron chi connectivity index (χ4n) is 0.566. The molecule has 2 N–H and O–H groups in total. The van der Waals surface area contributed by atoms with Crippen LogP contribution in [0.4, 0.5) is 5.82 Å². The van der Waals surface area contributed by atoms with Crippen LogP contribution in [0.1, 0.15) is 0 Å². The number of carbonyl (C=O) groups is 1. The summed E-state index contributed by atoms with van der Waals surface area (Å²) in [5, 5.41) is 1.99. The fourth-order valence-corrected chi connectivity index (χ4v) is 0.893. The Morgan fingerprint density at radius 3 is 3.00 bits per heavy atom. The smallest absolute Gasteiger partial charge is 0.248 e. The average Bonchev–Trinajstić information content (AvgIpc) is 2.05. The molecule has 1 rings (SSSR count). The number of nitrogens with zero attached hydrogens (tertiary/aromatic N) is 2. The van der Waals surface area contributed by atoms with Gasteiger partial charge in [0.15, 0.2) is 0 Å². The van der Waals surface area contributed by atoms with E-state index in [0.29, 0.717) is 6.41 Å². The number of hydrogen-bond donors (Lipinski definition) is 2. The molecule has 12 heavy (non-hydrogen) atoms. The van der Waals surface area contributed by atoms with Crippen molar-refractivity contribution in [1.29, 1.82) is 0 Å². The predicted octanol–water partition coefficient (Wildman–Crippen LogP) is -0.375. The minimum atomic E-state index is -2.22. The first-order valence-corrected chi connectivity index (χ1v) is 3.99. The van der Waals surface area contributed by atoms with Crippen LogP contribution in [0.3, 0.4) is 0 Å². The van der Waals surface area contributed by atoms with Gasteiger partial charge in [-0.2, -0.15) is 0 Å². The van der Waals surface area contributed by atoms with Gasteiger partial charge in [-0.25, -0.2) is 14.2 Å². The van der Waals surface area contributed by atoms with Crippen molar-refractivity contribution in [2.45, 2.75) is 5.16 Å². The predicted molar refractivity (Wildman–Crippen MR) is 40.8 cm³/mol. The van der Waals surface area contributed by atoms with Gasteiger partial charge in [-0.3, -0.25) is 9.35 Å². The normalized spacial score (nSPS) is 12.1. The molecule has 0 aliphatic rings. The van der Waals surface area contributed by atoms with Gasteiger partial charge in [0.05, 0.1) is 0 Å². The molecule has 1 unspecified atom stereocenters. The highest BCUT2D eigenvalue weighted by atomic mass is 32.2. The van der Waals surface area contributed by atoms with E-state index in [2.05, 4.69) is 15.3 Å². The van der Waals surface area contributed by atoms with Crippen molar-refractivity contribution < 1.29 is 13.6 Å². The van der Waals surface area contributed by atoms with Crippen LogP contribution in [0.5, 0.6) is 0 Å². The first kappa shape index (κ1) is 8.75. The summed E-state index contributed by atoms with van der Waals surface area (Å²) >= 11 is -2.22. The number of nitrogens with one attached hydrogen (secondary N) is 1. The molecule has 0 spiro atoms. The number of aromatic nitrogens is 2. The lowest BCUT2D eigenvalue weighted by Gasteiger charge is -1.96. The number of rotatable bonds is 3. The molecular weight excluding hydrogens is 182 g/mol. The maximum atomic E-state index is 10.4. The molecule has 0 radical (unpaired) electrons. The van der Waals surface area contributed by atoms with Gasteiger partial charge in [0.1, 0.15) is 5.82 Å². The SMILES string of the molecule is O=CNc1ccnc(S(=O)O)n1. The van der Waals surface area contributed by atoms with Crippen LogP contribution in [0, 0.1) is 0 Å². The van der Waals surface area contributed by atoms with E-state index in [9.17, 15) is 9.00 Å². The van der Waals surface area contributed by atoms with E-state index in [-0.39, 0.29) is 11.0 Å². The minimum Gasteiger partial charge on any atom is -0.313 e. The molecule has 7 heteroatoms. The summed E-state index contributed by atoms with van der Waals surface area (Å²) < 4.78 is 19.0. The van der Waals surface area contributed by atoms with E-state index in [1.165, 1.54) is 12.3 Å². The number of anilines is 1. The summed E-state index contributed by atoms with van der Waals surface area (Å²) in [4.78, 5) is 17.0. The molecule has 0 saturated carbocycles. The maximum absolute atomic E-state index is 10.4. The van der Waals surface area contributed by atoms with E-state index < -0.39 is 11.1 Å². The van der Waals surface area contributed by atoms with Gasteiger partial charge in [-0.15, -0.1) is 0 Å². The lowest BCUT2D eigenvalue weighted by molar-refractivity contribution is -0.105. The van der Waals surface area contributed by atoms with E-state index >= 15 is 0 Å². The van der Waals surface area contributed by atoms with Gasteiger partial charge in [0.2, 0.25) is 22.6 Å². The van der Waals surface area contributed by atoms with Crippen LogP contribution in [-0.2, 0) is 15.9 Å². The van der Waals surface area contributed by atoms with Crippen molar-refractivity contribution in [3.8, 4) is 0 Å². The first-order chi connectivity index (χ1) is 5.74. The van der Waals surface area contributed by atoms with Crippen LogP contribution in [0.2, 0.25) is 0 Å². The molecule has 1 aromatic rings. The Morgan fingerprint density at radius 2 is 2.42 bits per heavy atom. The Labute approximate surface area is 70.3 Å². The zero-order valence-electron chi connectivity index (χ0n) is 5.80. The summed E-state index contributed by atoms with van der Waals surface area (Å²) in [5.74, 6) is 0.192.